The lowest BCUT2D eigenvalue weighted by molar-refractivity contribution is -0.120. The lowest BCUT2D eigenvalue weighted by Gasteiger charge is -2.14. The van der Waals surface area contributed by atoms with Gasteiger partial charge in [-0.3, -0.25) is 4.79 Å². The summed E-state index contributed by atoms with van der Waals surface area (Å²) in [7, 11) is 0. The number of carbonyl (C=O) groups is 1. The van der Waals surface area contributed by atoms with Crippen molar-refractivity contribution in [2.75, 3.05) is 6.54 Å². The molecule has 1 unspecified atom stereocenters. The van der Waals surface area contributed by atoms with Gasteiger partial charge in [-0.1, -0.05) is 37.6 Å². The maximum absolute atomic E-state index is 11.6. The summed E-state index contributed by atoms with van der Waals surface area (Å²) in [5.41, 5.74) is 2.61. The molecule has 3 nitrogen and oxygen atoms in total. The molecule has 104 valence electrons. The predicted octanol–water partition coefficient (Wildman–Crippen LogP) is 2.57. The van der Waals surface area contributed by atoms with E-state index in [1.54, 1.807) is 0 Å². The van der Waals surface area contributed by atoms with Crippen molar-refractivity contribution in [2.45, 2.75) is 51.6 Å². The molecule has 1 aromatic rings. The molecule has 1 aliphatic rings. The van der Waals surface area contributed by atoms with Gasteiger partial charge in [0.1, 0.15) is 0 Å². The predicted molar refractivity (Wildman–Crippen MR) is 78.0 cm³/mol. The summed E-state index contributed by atoms with van der Waals surface area (Å²) in [6, 6.07) is 9.32. The molecule has 0 saturated heterocycles. The van der Waals surface area contributed by atoms with Crippen molar-refractivity contribution in [3.05, 3.63) is 35.4 Å². The van der Waals surface area contributed by atoms with Crippen molar-refractivity contribution in [3.63, 3.8) is 0 Å². The first kappa shape index (κ1) is 14.1. The molecule has 2 N–H and O–H groups in total. The van der Waals surface area contributed by atoms with Gasteiger partial charge in [0, 0.05) is 12.1 Å². The molecule has 0 aliphatic heterocycles. The molecule has 1 amide bonds. The van der Waals surface area contributed by atoms with Gasteiger partial charge in [-0.05, 0) is 37.3 Å². The van der Waals surface area contributed by atoms with E-state index >= 15 is 0 Å². The maximum atomic E-state index is 11.6. The van der Waals surface area contributed by atoms with Crippen LogP contribution in [0.15, 0.2) is 24.3 Å². The highest BCUT2D eigenvalue weighted by Crippen LogP contribution is 2.18. The summed E-state index contributed by atoms with van der Waals surface area (Å²) in [4.78, 5) is 11.6. The fourth-order valence-corrected chi connectivity index (χ4v) is 2.13. The minimum Gasteiger partial charge on any atom is -0.352 e. The molecule has 3 heteroatoms. The fourth-order valence-electron chi connectivity index (χ4n) is 2.13. The van der Waals surface area contributed by atoms with Crippen molar-refractivity contribution in [1.29, 1.82) is 0 Å². The maximum Gasteiger partial charge on any atom is 0.234 e. The quantitative estimate of drug-likeness (QED) is 0.791. The number of nitrogens with one attached hydrogen (secondary N) is 2. The van der Waals surface area contributed by atoms with Gasteiger partial charge in [-0.2, -0.15) is 0 Å². The lowest BCUT2D eigenvalue weighted by atomic mass is 10.0. The molecule has 0 bridgehead atoms. The summed E-state index contributed by atoms with van der Waals surface area (Å²) in [6.45, 7) is 4.68. The molecule has 1 aromatic carbocycles. The highest BCUT2D eigenvalue weighted by atomic mass is 16.2. The number of rotatable bonds is 7. The van der Waals surface area contributed by atoms with E-state index in [9.17, 15) is 4.79 Å². The molecule has 1 aliphatic carbocycles. The molecule has 2 rings (SSSR count). The third-order valence-corrected chi connectivity index (χ3v) is 3.53. The van der Waals surface area contributed by atoms with Gasteiger partial charge < -0.3 is 10.6 Å². The van der Waals surface area contributed by atoms with Crippen molar-refractivity contribution < 1.29 is 4.79 Å². The van der Waals surface area contributed by atoms with Gasteiger partial charge in [-0.25, -0.2) is 0 Å². The molecule has 1 saturated carbocycles. The first-order chi connectivity index (χ1) is 9.19. The minimum atomic E-state index is 0.108. The monoisotopic (exact) mass is 260 g/mol. The van der Waals surface area contributed by atoms with E-state index in [1.807, 2.05) is 0 Å². The van der Waals surface area contributed by atoms with Crippen molar-refractivity contribution >= 4 is 5.91 Å². The lowest BCUT2D eigenvalue weighted by Crippen LogP contribution is -2.36. The number of carbonyl (C=O) groups excluding carboxylic acids is 1. The van der Waals surface area contributed by atoms with Crippen LogP contribution in [0.2, 0.25) is 0 Å². The Morgan fingerprint density at radius 1 is 1.32 bits per heavy atom. The SMILES string of the molecule is CCCc1ccc(C(C)NCC(=O)NC2CC2)cc1. The molecule has 0 radical (unpaired) electrons. The summed E-state index contributed by atoms with van der Waals surface area (Å²) in [5.74, 6) is 0.108. The number of amides is 1. The topological polar surface area (TPSA) is 41.1 Å². The highest BCUT2D eigenvalue weighted by Gasteiger charge is 2.23. The summed E-state index contributed by atoms with van der Waals surface area (Å²) >= 11 is 0. The summed E-state index contributed by atoms with van der Waals surface area (Å²) in [6.07, 6.45) is 4.58. The number of aryl methyl sites for hydroxylation is 1. The van der Waals surface area contributed by atoms with Crippen LogP contribution in [-0.4, -0.2) is 18.5 Å². The van der Waals surface area contributed by atoms with Gasteiger partial charge in [0.25, 0.3) is 0 Å². The molecular weight excluding hydrogens is 236 g/mol. The van der Waals surface area contributed by atoms with Gasteiger partial charge >= 0.3 is 0 Å². The van der Waals surface area contributed by atoms with Crippen LogP contribution in [0.1, 0.15) is 50.3 Å². The average Bonchev–Trinajstić information content (AvgIpc) is 3.21. The normalized spacial score (nSPS) is 16.1. The molecule has 0 heterocycles. The Morgan fingerprint density at radius 2 is 2.00 bits per heavy atom. The van der Waals surface area contributed by atoms with Gasteiger partial charge in [0.05, 0.1) is 6.54 Å². The van der Waals surface area contributed by atoms with Gasteiger partial charge in [0.2, 0.25) is 5.91 Å². The molecule has 1 fully saturated rings. The van der Waals surface area contributed by atoms with Crippen molar-refractivity contribution in [3.8, 4) is 0 Å². The van der Waals surface area contributed by atoms with Gasteiger partial charge in [-0.15, -0.1) is 0 Å². The summed E-state index contributed by atoms with van der Waals surface area (Å²) < 4.78 is 0. The standard InChI is InChI=1S/C16H24N2O/c1-3-4-13-5-7-14(8-6-13)12(2)17-11-16(19)18-15-9-10-15/h5-8,12,15,17H,3-4,9-11H2,1-2H3,(H,18,19). The summed E-state index contributed by atoms with van der Waals surface area (Å²) in [5, 5.41) is 6.26. The molecular formula is C16H24N2O. The Hall–Kier alpha value is -1.35. The first-order valence-electron chi connectivity index (χ1n) is 7.30. The van der Waals surface area contributed by atoms with E-state index in [0.717, 1.165) is 19.3 Å². The largest absolute Gasteiger partial charge is 0.352 e. The zero-order valence-corrected chi connectivity index (χ0v) is 11.9. The van der Waals surface area contributed by atoms with Crippen LogP contribution in [-0.2, 0) is 11.2 Å². The average molecular weight is 260 g/mol. The van der Waals surface area contributed by atoms with E-state index in [0.29, 0.717) is 12.6 Å². The zero-order chi connectivity index (χ0) is 13.7. The second-order valence-corrected chi connectivity index (χ2v) is 5.44. The molecule has 0 aromatic heterocycles. The van der Waals surface area contributed by atoms with E-state index in [-0.39, 0.29) is 11.9 Å². The van der Waals surface area contributed by atoms with Crippen LogP contribution in [0, 0.1) is 0 Å². The van der Waals surface area contributed by atoms with Crippen LogP contribution >= 0.6 is 0 Å². The second kappa shape index (κ2) is 6.71. The third-order valence-electron chi connectivity index (χ3n) is 3.53. The van der Waals surface area contributed by atoms with Crippen LogP contribution < -0.4 is 10.6 Å². The molecule has 0 spiro atoms. The fraction of sp³-hybridized carbons (Fsp3) is 0.562. The Morgan fingerprint density at radius 3 is 2.58 bits per heavy atom. The van der Waals surface area contributed by atoms with E-state index < -0.39 is 0 Å². The van der Waals surface area contributed by atoms with E-state index in [4.69, 9.17) is 0 Å². The third kappa shape index (κ3) is 4.67. The number of benzene rings is 1. The zero-order valence-electron chi connectivity index (χ0n) is 11.9. The van der Waals surface area contributed by atoms with Crippen molar-refractivity contribution in [2.24, 2.45) is 0 Å². The molecule has 19 heavy (non-hydrogen) atoms. The Balaban J connectivity index is 1.77. The Kier molecular flexibility index (Phi) is 4.97. The minimum absolute atomic E-state index is 0.108. The second-order valence-electron chi connectivity index (χ2n) is 5.44. The smallest absolute Gasteiger partial charge is 0.234 e. The first-order valence-corrected chi connectivity index (χ1v) is 7.30. The Labute approximate surface area is 115 Å². The Bertz CT molecular complexity index is 409. The van der Waals surface area contributed by atoms with E-state index in [1.165, 1.54) is 17.5 Å². The van der Waals surface area contributed by atoms with Crippen LogP contribution in [0.3, 0.4) is 0 Å². The number of hydrogen-bond acceptors (Lipinski definition) is 2. The van der Waals surface area contributed by atoms with E-state index in [2.05, 4.69) is 48.7 Å². The van der Waals surface area contributed by atoms with Crippen LogP contribution in [0.25, 0.3) is 0 Å². The number of hydrogen-bond donors (Lipinski definition) is 2. The highest BCUT2D eigenvalue weighted by molar-refractivity contribution is 5.78. The van der Waals surface area contributed by atoms with Crippen LogP contribution in [0.4, 0.5) is 0 Å². The van der Waals surface area contributed by atoms with Crippen LogP contribution in [0.5, 0.6) is 0 Å². The van der Waals surface area contributed by atoms with Crippen molar-refractivity contribution in [1.82, 2.24) is 10.6 Å². The molecule has 1 atom stereocenters. The van der Waals surface area contributed by atoms with Gasteiger partial charge in [0.15, 0.2) is 0 Å².